The molecule has 0 amide bonds. The average Bonchev–Trinajstić information content (AvgIpc) is 2.30. The fraction of sp³-hybridized carbons (Fsp3) is 0.700. The smallest absolute Gasteiger partial charge is 0.120 e. The minimum Gasteiger partial charge on any atom is -0.345 e. The van der Waals surface area contributed by atoms with Gasteiger partial charge in [0, 0.05) is 11.1 Å². The van der Waals surface area contributed by atoms with Gasteiger partial charge in [0.15, 0.2) is 0 Å². The van der Waals surface area contributed by atoms with Gasteiger partial charge < -0.3 is 10.3 Å². The number of nitrogens with one attached hydrogen (secondary N) is 2. The molecule has 3 nitrogen and oxygen atoms in total. The van der Waals surface area contributed by atoms with E-state index in [1.165, 1.54) is 5.69 Å². The lowest BCUT2D eigenvalue weighted by Crippen LogP contribution is -2.13. The molecule has 0 aliphatic rings. The first-order valence-electron chi connectivity index (χ1n) is 4.65. The molecule has 1 heterocycles. The quantitative estimate of drug-likeness (QED) is 0.729. The van der Waals surface area contributed by atoms with Crippen molar-refractivity contribution in [2.24, 2.45) is 0 Å². The number of imidazole rings is 1. The Morgan fingerprint density at radius 1 is 1.38 bits per heavy atom. The number of rotatable bonds is 2. The summed E-state index contributed by atoms with van der Waals surface area (Å²) in [7, 11) is 1.93. The Bertz CT molecular complexity index is 281. The maximum Gasteiger partial charge on any atom is 0.120 e. The van der Waals surface area contributed by atoms with Crippen LogP contribution in [0.1, 0.15) is 38.0 Å². The largest absolute Gasteiger partial charge is 0.345 e. The lowest BCUT2D eigenvalue weighted by Gasteiger charge is -2.15. The van der Waals surface area contributed by atoms with E-state index < -0.39 is 0 Å². The molecule has 0 unspecified atom stereocenters. The minimum absolute atomic E-state index is 0.132. The topological polar surface area (TPSA) is 40.7 Å². The molecule has 3 heteroatoms. The van der Waals surface area contributed by atoms with Gasteiger partial charge in [0.25, 0.3) is 0 Å². The van der Waals surface area contributed by atoms with Gasteiger partial charge in [0.2, 0.25) is 0 Å². The van der Waals surface area contributed by atoms with Crippen molar-refractivity contribution >= 4 is 0 Å². The number of aromatic amines is 1. The summed E-state index contributed by atoms with van der Waals surface area (Å²) in [6.45, 7) is 9.42. The SMILES string of the molecule is CNCc1nc(C(C)(C)C)c(C)[nH]1. The normalized spacial score (nSPS) is 12.1. The van der Waals surface area contributed by atoms with E-state index in [4.69, 9.17) is 0 Å². The van der Waals surface area contributed by atoms with Gasteiger partial charge >= 0.3 is 0 Å². The fourth-order valence-corrected chi connectivity index (χ4v) is 1.50. The Morgan fingerprint density at radius 2 is 2.00 bits per heavy atom. The van der Waals surface area contributed by atoms with Gasteiger partial charge in [0.05, 0.1) is 12.2 Å². The molecule has 0 fully saturated rings. The number of aryl methyl sites for hydroxylation is 1. The van der Waals surface area contributed by atoms with E-state index in [1.807, 2.05) is 7.05 Å². The molecule has 2 N–H and O–H groups in total. The molecule has 0 aromatic carbocycles. The predicted molar refractivity (Wildman–Crippen MR) is 54.8 cm³/mol. The van der Waals surface area contributed by atoms with Gasteiger partial charge in [-0.15, -0.1) is 0 Å². The van der Waals surface area contributed by atoms with Crippen molar-refractivity contribution in [3.05, 3.63) is 17.2 Å². The summed E-state index contributed by atoms with van der Waals surface area (Å²) in [6.07, 6.45) is 0. The molecule has 13 heavy (non-hydrogen) atoms. The molecule has 1 rings (SSSR count). The molecular weight excluding hydrogens is 162 g/mol. The van der Waals surface area contributed by atoms with E-state index in [1.54, 1.807) is 0 Å². The number of nitrogens with zero attached hydrogens (tertiary/aromatic N) is 1. The van der Waals surface area contributed by atoms with Crippen LogP contribution in [0.4, 0.5) is 0 Å². The molecule has 1 aromatic heterocycles. The molecule has 0 aliphatic heterocycles. The minimum atomic E-state index is 0.132. The Morgan fingerprint density at radius 3 is 2.38 bits per heavy atom. The van der Waals surface area contributed by atoms with Crippen LogP contribution in [-0.4, -0.2) is 17.0 Å². The molecule has 0 aliphatic carbocycles. The third kappa shape index (κ3) is 2.31. The van der Waals surface area contributed by atoms with Crippen molar-refractivity contribution < 1.29 is 0 Å². The highest BCUT2D eigenvalue weighted by Crippen LogP contribution is 2.23. The number of hydrogen-bond donors (Lipinski definition) is 2. The standard InChI is InChI=1S/C10H19N3/c1-7-9(10(2,3)4)13-8(12-7)6-11-5/h11H,6H2,1-5H3,(H,12,13). The highest BCUT2D eigenvalue weighted by Gasteiger charge is 2.20. The van der Waals surface area contributed by atoms with E-state index in [-0.39, 0.29) is 5.41 Å². The zero-order chi connectivity index (χ0) is 10.1. The van der Waals surface area contributed by atoms with E-state index in [9.17, 15) is 0 Å². The third-order valence-electron chi connectivity index (χ3n) is 1.99. The molecular formula is C10H19N3. The van der Waals surface area contributed by atoms with E-state index in [0.29, 0.717) is 0 Å². The van der Waals surface area contributed by atoms with E-state index in [2.05, 4.69) is 43.0 Å². The molecule has 74 valence electrons. The summed E-state index contributed by atoms with van der Waals surface area (Å²) in [4.78, 5) is 7.83. The van der Waals surface area contributed by atoms with Crippen LogP contribution in [0.25, 0.3) is 0 Å². The van der Waals surface area contributed by atoms with Gasteiger partial charge in [0.1, 0.15) is 5.82 Å². The summed E-state index contributed by atoms with van der Waals surface area (Å²) in [5.74, 6) is 1.02. The van der Waals surface area contributed by atoms with Crippen molar-refractivity contribution in [2.45, 2.75) is 39.7 Å². The van der Waals surface area contributed by atoms with Crippen LogP contribution < -0.4 is 5.32 Å². The van der Waals surface area contributed by atoms with Crippen LogP contribution in [0.3, 0.4) is 0 Å². The van der Waals surface area contributed by atoms with Crippen LogP contribution in [0, 0.1) is 6.92 Å². The first-order chi connectivity index (χ1) is 5.95. The fourth-order valence-electron chi connectivity index (χ4n) is 1.50. The second-order valence-corrected chi connectivity index (χ2v) is 4.44. The summed E-state index contributed by atoms with van der Waals surface area (Å²) in [5, 5.41) is 3.08. The van der Waals surface area contributed by atoms with E-state index in [0.717, 1.165) is 18.1 Å². The van der Waals surface area contributed by atoms with Crippen molar-refractivity contribution in [1.82, 2.24) is 15.3 Å². The first-order valence-corrected chi connectivity index (χ1v) is 4.65. The van der Waals surface area contributed by atoms with Gasteiger partial charge in [-0.2, -0.15) is 0 Å². The van der Waals surface area contributed by atoms with Crippen LogP contribution in [0.2, 0.25) is 0 Å². The second kappa shape index (κ2) is 3.50. The van der Waals surface area contributed by atoms with Crippen LogP contribution in [-0.2, 0) is 12.0 Å². The van der Waals surface area contributed by atoms with Crippen molar-refractivity contribution in [1.29, 1.82) is 0 Å². The predicted octanol–water partition coefficient (Wildman–Crippen LogP) is 1.74. The summed E-state index contributed by atoms with van der Waals surface area (Å²) in [5.41, 5.74) is 2.47. The van der Waals surface area contributed by atoms with Gasteiger partial charge in [-0.05, 0) is 14.0 Å². The van der Waals surface area contributed by atoms with Crippen LogP contribution in [0.15, 0.2) is 0 Å². The van der Waals surface area contributed by atoms with Gasteiger partial charge in [-0.1, -0.05) is 20.8 Å². The maximum atomic E-state index is 4.55. The highest BCUT2D eigenvalue weighted by atomic mass is 15.0. The molecule has 0 radical (unpaired) electrons. The molecule has 0 saturated carbocycles. The lowest BCUT2D eigenvalue weighted by molar-refractivity contribution is 0.566. The van der Waals surface area contributed by atoms with Crippen molar-refractivity contribution in [3.8, 4) is 0 Å². The number of aromatic nitrogens is 2. The highest BCUT2D eigenvalue weighted by molar-refractivity contribution is 5.20. The summed E-state index contributed by atoms with van der Waals surface area (Å²) in [6, 6.07) is 0. The number of H-pyrrole nitrogens is 1. The number of hydrogen-bond acceptors (Lipinski definition) is 2. The summed E-state index contributed by atoms with van der Waals surface area (Å²) < 4.78 is 0. The maximum absolute atomic E-state index is 4.55. The average molecular weight is 181 g/mol. The molecule has 1 aromatic rings. The molecule has 0 spiro atoms. The Balaban J connectivity index is 2.96. The third-order valence-corrected chi connectivity index (χ3v) is 1.99. The van der Waals surface area contributed by atoms with Gasteiger partial charge in [-0.3, -0.25) is 0 Å². The zero-order valence-electron chi connectivity index (χ0n) is 9.15. The Hall–Kier alpha value is -0.830. The van der Waals surface area contributed by atoms with Gasteiger partial charge in [-0.25, -0.2) is 4.98 Å². The second-order valence-electron chi connectivity index (χ2n) is 4.44. The zero-order valence-corrected chi connectivity index (χ0v) is 9.15. The molecule has 0 atom stereocenters. The van der Waals surface area contributed by atoms with E-state index >= 15 is 0 Å². The van der Waals surface area contributed by atoms with Crippen molar-refractivity contribution in [3.63, 3.8) is 0 Å². The van der Waals surface area contributed by atoms with Crippen LogP contribution >= 0.6 is 0 Å². The lowest BCUT2D eigenvalue weighted by atomic mass is 9.91. The monoisotopic (exact) mass is 181 g/mol. The molecule has 0 bridgehead atoms. The van der Waals surface area contributed by atoms with Crippen LogP contribution in [0.5, 0.6) is 0 Å². The van der Waals surface area contributed by atoms with Crippen molar-refractivity contribution in [2.75, 3.05) is 7.05 Å². The Kier molecular flexibility index (Phi) is 2.76. The molecule has 0 saturated heterocycles. The Labute approximate surface area is 80.0 Å². The summed E-state index contributed by atoms with van der Waals surface area (Å²) >= 11 is 0. The first kappa shape index (κ1) is 10.3.